The molecule has 6 nitrogen and oxygen atoms in total. The molecule has 1 atom stereocenters. The lowest BCUT2D eigenvalue weighted by Crippen LogP contribution is -2.36. The topological polar surface area (TPSA) is 68.2 Å². The van der Waals surface area contributed by atoms with Crippen LogP contribution in [0.5, 0.6) is 5.88 Å². The van der Waals surface area contributed by atoms with Gasteiger partial charge in [0.1, 0.15) is 11.6 Å². The van der Waals surface area contributed by atoms with Crippen LogP contribution in [0.3, 0.4) is 0 Å². The van der Waals surface area contributed by atoms with Crippen LogP contribution >= 0.6 is 11.8 Å². The molecule has 0 saturated carbocycles. The van der Waals surface area contributed by atoms with E-state index in [0.717, 1.165) is 24.0 Å². The van der Waals surface area contributed by atoms with Crippen molar-refractivity contribution in [3.63, 3.8) is 0 Å². The molecule has 0 radical (unpaired) electrons. The van der Waals surface area contributed by atoms with Crippen molar-refractivity contribution >= 4 is 23.4 Å². The van der Waals surface area contributed by atoms with Gasteiger partial charge >= 0.3 is 0 Å². The summed E-state index contributed by atoms with van der Waals surface area (Å²) in [5, 5.41) is 8.89. The summed E-state index contributed by atoms with van der Waals surface area (Å²) in [4.78, 5) is 18.4. The number of aromatic nitrogens is 3. The van der Waals surface area contributed by atoms with Gasteiger partial charge in [-0.2, -0.15) is 4.98 Å². The summed E-state index contributed by atoms with van der Waals surface area (Å²) in [6.45, 7) is 5.48. The van der Waals surface area contributed by atoms with Gasteiger partial charge in [0.15, 0.2) is 5.69 Å². The number of anilines is 1. The lowest BCUT2D eigenvalue weighted by molar-refractivity contribution is -0.118. The van der Waals surface area contributed by atoms with E-state index >= 15 is 0 Å². The van der Waals surface area contributed by atoms with Crippen LogP contribution in [0.4, 0.5) is 14.5 Å². The number of carbonyl (C=O) groups excluding carboxylic acids is 1. The average Bonchev–Trinajstić information content (AvgIpc) is 2.88. The molecule has 0 N–H and O–H groups in total. The molecule has 0 spiro atoms. The highest BCUT2D eigenvalue weighted by Gasteiger charge is 2.36. The first-order valence-electron chi connectivity index (χ1n) is 9.73. The van der Waals surface area contributed by atoms with Gasteiger partial charge in [-0.15, -0.1) is 10.2 Å². The van der Waals surface area contributed by atoms with Gasteiger partial charge in [0.25, 0.3) is 0 Å². The second-order valence-corrected chi connectivity index (χ2v) is 8.48. The largest absolute Gasteiger partial charge is 0.447 e. The van der Waals surface area contributed by atoms with Crippen LogP contribution in [0.1, 0.15) is 32.6 Å². The van der Waals surface area contributed by atoms with E-state index in [1.54, 1.807) is 24.3 Å². The second-order valence-electron chi connectivity index (χ2n) is 7.50. The fraction of sp³-hybridized carbons (Fsp3) is 0.273. The first-order chi connectivity index (χ1) is 14.8. The molecule has 2 heterocycles. The van der Waals surface area contributed by atoms with Crippen molar-refractivity contribution < 1.29 is 18.3 Å². The number of halogens is 2. The Morgan fingerprint density at radius 1 is 1.19 bits per heavy atom. The number of hydrogen-bond acceptors (Lipinski definition) is 6. The Bertz CT molecular complexity index is 1140. The third-order valence-electron chi connectivity index (χ3n) is 4.62. The van der Waals surface area contributed by atoms with E-state index in [4.69, 9.17) is 4.74 Å². The Hall–Kier alpha value is -3.07. The van der Waals surface area contributed by atoms with Crippen LogP contribution in [0, 0.1) is 17.6 Å². The summed E-state index contributed by atoms with van der Waals surface area (Å²) in [5.74, 6) is -0.456. The molecule has 160 valence electrons. The minimum atomic E-state index is -1.27. The van der Waals surface area contributed by atoms with Crippen molar-refractivity contribution in [1.82, 2.24) is 15.2 Å². The van der Waals surface area contributed by atoms with Gasteiger partial charge in [-0.1, -0.05) is 43.8 Å². The molecule has 0 aliphatic carbocycles. The van der Waals surface area contributed by atoms with Gasteiger partial charge in [0.2, 0.25) is 23.2 Å². The number of ether oxygens (including phenoxy) is 1. The van der Waals surface area contributed by atoms with Gasteiger partial charge < -0.3 is 4.74 Å². The lowest BCUT2D eigenvalue weighted by Gasteiger charge is -2.30. The maximum absolute atomic E-state index is 14.7. The highest BCUT2D eigenvalue weighted by Crippen LogP contribution is 2.43. The fourth-order valence-corrected chi connectivity index (χ4v) is 3.99. The van der Waals surface area contributed by atoms with Crippen LogP contribution in [0.2, 0.25) is 0 Å². The zero-order valence-electron chi connectivity index (χ0n) is 17.2. The molecular formula is C22H20F2N4O2S. The van der Waals surface area contributed by atoms with Crippen LogP contribution in [-0.4, -0.2) is 26.8 Å². The Balaban J connectivity index is 1.91. The summed E-state index contributed by atoms with van der Waals surface area (Å²) < 4.78 is 34.8. The fourth-order valence-electron chi connectivity index (χ4n) is 3.26. The second kappa shape index (κ2) is 8.58. The molecule has 4 rings (SSSR count). The molecule has 0 unspecified atom stereocenters. The van der Waals surface area contributed by atoms with E-state index in [1.165, 1.54) is 23.6 Å². The highest BCUT2D eigenvalue weighted by molar-refractivity contribution is 7.99. The molecule has 1 aliphatic rings. The molecule has 0 bridgehead atoms. The summed E-state index contributed by atoms with van der Waals surface area (Å²) >= 11 is 1.42. The Kier molecular flexibility index (Phi) is 5.86. The number of amides is 1. The third-order valence-corrected chi connectivity index (χ3v) is 5.89. The van der Waals surface area contributed by atoms with Gasteiger partial charge in [-0.25, -0.2) is 8.78 Å². The van der Waals surface area contributed by atoms with E-state index in [1.807, 2.05) is 0 Å². The van der Waals surface area contributed by atoms with E-state index < -0.39 is 23.8 Å². The smallest absolute Gasteiger partial charge is 0.247 e. The van der Waals surface area contributed by atoms with Crippen molar-refractivity contribution in [3.05, 3.63) is 59.7 Å². The summed E-state index contributed by atoms with van der Waals surface area (Å²) in [6.07, 6.45) is -1.27. The quantitative estimate of drug-likeness (QED) is 0.529. The molecule has 0 fully saturated rings. The molecule has 1 aromatic heterocycles. The van der Waals surface area contributed by atoms with E-state index in [-0.39, 0.29) is 11.4 Å². The van der Waals surface area contributed by atoms with Gasteiger partial charge in [0, 0.05) is 18.2 Å². The number of para-hydroxylation sites is 1. The molecule has 0 saturated heterocycles. The van der Waals surface area contributed by atoms with Crippen molar-refractivity contribution in [2.24, 2.45) is 5.92 Å². The number of hydrogen-bond donors (Lipinski definition) is 0. The normalized spacial score (nSPS) is 15.2. The predicted molar refractivity (Wildman–Crippen MR) is 114 cm³/mol. The van der Waals surface area contributed by atoms with E-state index in [9.17, 15) is 13.6 Å². The van der Waals surface area contributed by atoms with Gasteiger partial charge in [0.05, 0.1) is 11.3 Å². The van der Waals surface area contributed by atoms with Crippen LogP contribution in [-0.2, 0) is 4.79 Å². The average molecular weight is 442 g/mol. The number of thioether (sulfide) groups is 1. The van der Waals surface area contributed by atoms with Gasteiger partial charge in [-0.3, -0.25) is 9.69 Å². The van der Waals surface area contributed by atoms with E-state index in [2.05, 4.69) is 29.0 Å². The summed E-state index contributed by atoms with van der Waals surface area (Å²) in [5.41, 5.74) is 1.22. The summed E-state index contributed by atoms with van der Waals surface area (Å²) in [7, 11) is 0. The molecule has 9 heteroatoms. The van der Waals surface area contributed by atoms with Crippen molar-refractivity contribution in [3.8, 4) is 17.1 Å². The lowest BCUT2D eigenvalue weighted by atomic mass is 10.1. The van der Waals surface area contributed by atoms with Gasteiger partial charge in [-0.05, 0) is 30.2 Å². The van der Waals surface area contributed by atoms with Crippen LogP contribution < -0.4 is 9.64 Å². The van der Waals surface area contributed by atoms with E-state index in [0.29, 0.717) is 28.0 Å². The first kappa shape index (κ1) is 21.2. The van der Waals surface area contributed by atoms with Crippen LogP contribution in [0.15, 0.2) is 47.6 Å². The van der Waals surface area contributed by atoms with Crippen molar-refractivity contribution in [2.75, 3.05) is 10.7 Å². The van der Waals surface area contributed by atoms with Crippen LogP contribution in [0.25, 0.3) is 11.3 Å². The Labute approximate surface area is 182 Å². The minimum absolute atomic E-state index is 0.103. The number of rotatable bonds is 4. The van der Waals surface area contributed by atoms with Crippen molar-refractivity contribution in [2.45, 2.75) is 32.2 Å². The molecule has 1 amide bonds. The maximum atomic E-state index is 14.7. The molecule has 2 aromatic carbocycles. The Morgan fingerprint density at radius 2 is 1.97 bits per heavy atom. The number of benzene rings is 2. The minimum Gasteiger partial charge on any atom is -0.447 e. The number of fused-ring (bicyclic) bond motifs is 3. The zero-order chi connectivity index (χ0) is 22.1. The number of carbonyl (C=O) groups is 1. The highest BCUT2D eigenvalue weighted by atomic mass is 32.2. The Morgan fingerprint density at radius 3 is 2.71 bits per heavy atom. The molecule has 1 aliphatic heterocycles. The first-order valence-corrected chi connectivity index (χ1v) is 10.7. The zero-order valence-corrected chi connectivity index (χ0v) is 18.0. The molecular weight excluding hydrogens is 422 g/mol. The number of nitrogens with zero attached hydrogens (tertiary/aromatic N) is 4. The monoisotopic (exact) mass is 442 g/mol. The predicted octanol–water partition coefficient (Wildman–Crippen LogP) is 5.01. The maximum Gasteiger partial charge on any atom is 0.247 e. The van der Waals surface area contributed by atoms with Crippen molar-refractivity contribution in [1.29, 1.82) is 0 Å². The standard InChI is InChI=1S/C22H20F2N4O2S/c1-12(2)11-31-22-25-20-19(26-27-22)15-6-4-5-7-18(15)28(13(3)29)21(30-20)16-10-14(23)8-9-17(16)24/h4-10,12,21H,11H2,1-3H3/t21-/m1/s1. The SMILES string of the molecule is CC(=O)N1c2ccccc2-c2nnc(SCC(C)C)nc2O[C@@H]1c1cc(F)ccc1F. The summed E-state index contributed by atoms with van der Waals surface area (Å²) in [6, 6.07) is 10.0. The third kappa shape index (κ3) is 4.23. The molecule has 3 aromatic rings. The molecule has 31 heavy (non-hydrogen) atoms.